The van der Waals surface area contributed by atoms with Crippen molar-refractivity contribution in [1.82, 2.24) is 9.62 Å². The van der Waals surface area contributed by atoms with Gasteiger partial charge in [0.05, 0.1) is 30.2 Å². The second-order valence-corrected chi connectivity index (χ2v) is 12.4. The summed E-state index contributed by atoms with van der Waals surface area (Å²) in [7, 11) is -4.19. The van der Waals surface area contributed by atoms with E-state index >= 15 is 0 Å². The lowest BCUT2D eigenvalue weighted by Gasteiger charge is -2.33. The minimum Gasteiger partial charge on any atom is -0.508 e. The van der Waals surface area contributed by atoms with Gasteiger partial charge < -0.3 is 32.1 Å². The van der Waals surface area contributed by atoms with E-state index in [0.29, 0.717) is 42.1 Å². The Morgan fingerprint density at radius 2 is 1.65 bits per heavy atom. The topological polar surface area (TPSA) is 230 Å². The van der Waals surface area contributed by atoms with Crippen LogP contribution in [0.5, 0.6) is 5.75 Å². The zero-order valence-corrected chi connectivity index (χ0v) is 23.4. The van der Waals surface area contributed by atoms with Crippen LogP contribution in [0.15, 0.2) is 24.3 Å². The number of carbonyl (C=O) groups excluding carboxylic acids is 2. The van der Waals surface area contributed by atoms with Crippen molar-refractivity contribution in [1.29, 1.82) is 0 Å². The first-order valence-corrected chi connectivity index (χ1v) is 15.1. The van der Waals surface area contributed by atoms with E-state index in [0.717, 1.165) is 6.26 Å². The average molecular weight is 585 g/mol. The Morgan fingerprint density at radius 1 is 1.05 bits per heavy atom. The molecule has 224 valence electrons. The predicted octanol–water partition coefficient (Wildman–Crippen LogP) is 0.400. The number of carboxylic acid groups (broad SMARTS) is 2. The van der Waals surface area contributed by atoms with Crippen LogP contribution in [-0.4, -0.2) is 83.2 Å². The lowest BCUT2D eigenvalue weighted by atomic mass is 9.76. The van der Waals surface area contributed by atoms with Gasteiger partial charge in [-0.3, -0.25) is 14.4 Å². The highest BCUT2D eigenvalue weighted by Gasteiger charge is 2.46. The molecule has 1 saturated carbocycles. The van der Waals surface area contributed by atoms with Gasteiger partial charge in [0, 0.05) is 6.42 Å². The first-order chi connectivity index (χ1) is 18.7. The van der Waals surface area contributed by atoms with Gasteiger partial charge in [0.1, 0.15) is 11.8 Å². The van der Waals surface area contributed by atoms with Crippen molar-refractivity contribution in [2.24, 2.45) is 22.8 Å². The van der Waals surface area contributed by atoms with Crippen LogP contribution >= 0.6 is 0 Å². The molecular weight excluding hydrogens is 544 g/mol. The standard InChI is InChI=1S/C26H40N4O9S/c1-40(38,39)30(22(32)20(28)6-2-5-13-27)16-18(23(33)34)15-26(11-3-4-12-26)25(37)29-21(24(35)36)14-17-7-9-19(31)10-8-17/h7-10,18,20-21,31H,2-6,11-16,27-28H2,1H3,(H,29,37)(H,33,34)(H,35,36)/t18-,20-,21-/m0/s1. The molecule has 1 aromatic carbocycles. The van der Waals surface area contributed by atoms with Gasteiger partial charge in [-0.25, -0.2) is 17.5 Å². The predicted molar refractivity (Wildman–Crippen MR) is 145 cm³/mol. The van der Waals surface area contributed by atoms with E-state index < -0.39 is 63.7 Å². The normalized spacial score (nSPS) is 17.0. The van der Waals surface area contributed by atoms with Crippen LogP contribution in [0.3, 0.4) is 0 Å². The van der Waals surface area contributed by atoms with Crippen LogP contribution in [0.2, 0.25) is 0 Å². The summed E-state index contributed by atoms with van der Waals surface area (Å²) in [6, 6.07) is 3.35. The lowest BCUT2D eigenvalue weighted by molar-refractivity contribution is -0.147. The summed E-state index contributed by atoms with van der Waals surface area (Å²) in [6.07, 6.45) is 3.41. The lowest BCUT2D eigenvalue weighted by Crippen LogP contribution is -2.52. The van der Waals surface area contributed by atoms with Gasteiger partial charge in [-0.1, -0.05) is 31.4 Å². The van der Waals surface area contributed by atoms with Gasteiger partial charge in [0.15, 0.2) is 0 Å². The van der Waals surface area contributed by atoms with Gasteiger partial charge in [-0.05, 0) is 56.3 Å². The highest BCUT2D eigenvalue weighted by Crippen LogP contribution is 2.44. The Labute approximate surface area is 234 Å². The number of benzene rings is 1. The third kappa shape index (κ3) is 9.17. The van der Waals surface area contributed by atoms with Gasteiger partial charge in [0.25, 0.3) is 5.91 Å². The number of carbonyl (C=O) groups is 4. The molecule has 40 heavy (non-hydrogen) atoms. The van der Waals surface area contributed by atoms with Gasteiger partial charge >= 0.3 is 11.9 Å². The summed E-state index contributed by atoms with van der Waals surface area (Å²) in [5, 5.41) is 31.8. The largest absolute Gasteiger partial charge is 0.508 e. The van der Waals surface area contributed by atoms with Gasteiger partial charge in [-0.2, -0.15) is 0 Å². The number of nitrogens with one attached hydrogen (secondary N) is 1. The maximum Gasteiger partial charge on any atom is 0.326 e. The molecule has 0 spiro atoms. The van der Waals surface area contributed by atoms with Crippen molar-refractivity contribution < 1.29 is 42.9 Å². The number of phenols is 1. The quantitative estimate of drug-likeness (QED) is 0.146. The highest BCUT2D eigenvalue weighted by molar-refractivity contribution is 7.88. The maximum atomic E-state index is 13.5. The Balaban J connectivity index is 2.26. The van der Waals surface area contributed by atoms with E-state index in [2.05, 4.69) is 5.32 Å². The molecule has 0 saturated heterocycles. The fourth-order valence-corrected chi connectivity index (χ4v) is 5.98. The molecule has 1 fully saturated rings. The van der Waals surface area contributed by atoms with Crippen LogP contribution in [-0.2, 0) is 35.6 Å². The van der Waals surface area contributed by atoms with Crippen molar-refractivity contribution in [3.8, 4) is 5.75 Å². The number of phenolic OH excluding ortho intramolecular Hbond substituents is 1. The average Bonchev–Trinajstić information content (AvgIpc) is 3.36. The Hall–Kier alpha value is -3.23. The van der Waals surface area contributed by atoms with Gasteiger partial charge in [0.2, 0.25) is 15.9 Å². The molecule has 8 N–H and O–H groups in total. The molecule has 0 radical (unpaired) electrons. The van der Waals surface area contributed by atoms with Crippen LogP contribution in [0, 0.1) is 11.3 Å². The van der Waals surface area contributed by atoms with E-state index in [9.17, 15) is 42.9 Å². The first-order valence-electron chi connectivity index (χ1n) is 13.2. The third-order valence-corrected chi connectivity index (χ3v) is 8.46. The Morgan fingerprint density at radius 3 is 2.15 bits per heavy atom. The molecule has 0 aliphatic heterocycles. The van der Waals surface area contributed by atoms with Crippen LogP contribution < -0.4 is 16.8 Å². The monoisotopic (exact) mass is 584 g/mol. The van der Waals surface area contributed by atoms with Crippen molar-refractivity contribution in [2.75, 3.05) is 19.3 Å². The molecule has 3 atom stereocenters. The van der Waals surface area contributed by atoms with E-state index in [1.54, 1.807) is 0 Å². The number of nitrogens with zero attached hydrogens (tertiary/aromatic N) is 1. The number of rotatable bonds is 16. The number of carboxylic acids is 2. The summed E-state index contributed by atoms with van der Waals surface area (Å²) in [5.74, 6) is -5.69. The third-order valence-electron chi connectivity index (χ3n) is 7.33. The summed E-state index contributed by atoms with van der Waals surface area (Å²) >= 11 is 0. The number of hydrogen-bond acceptors (Lipinski definition) is 9. The second kappa shape index (κ2) is 14.4. The van der Waals surface area contributed by atoms with Crippen LogP contribution in [0.4, 0.5) is 0 Å². The number of amides is 2. The van der Waals surface area contributed by atoms with E-state index in [4.69, 9.17) is 11.5 Å². The van der Waals surface area contributed by atoms with Crippen molar-refractivity contribution in [2.45, 2.75) is 69.9 Å². The van der Waals surface area contributed by atoms with E-state index in [-0.39, 0.29) is 37.9 Å². The Bertz CT molecular complexity index is 1150. The summed E-state index contributed by atoms with van der Waals surface area (Å²) in [4.78, 5) is 50.7. The van der Waals surface area contributed by atoms with Crippen molar-refractivity contribution in [3.05, 3.63) is 29.8 Å². The van der Waals surface area contributed by atoms with Crippen molar-refractivity contribution >= 4 is 33.8 Å². The summed E-state index contributed by atoms with van der Waals surface area (Å²) in [5.41, 5.74) is 10.7. The number of sulfonamides is 1. The summed E-state index contributed by atoms with van der Waals surface area (Å²) < 4.78 is 25.5. The number of aromatic hydroxyl groups is 1. The van der Waals surface area contributed by atoms with Crippen LogP contribution in [0.25, 0.3) is 0 Å². The maximum absolute atomic E-state index is 13.5. The zero-order chi connectivity index (χ0) is 30.1. The fourth-order valence-electron chi connectivity index (χ4n) is 5.06. The zero-order valence-electron chi connectivity index (χ0n) is 22.6. The molecule has 13 nitrogen and oxygen atoms in total. The number of unbranched alkanes of at least 4 members (excludes halogenated alkanes) is 1. The molecular formula is C26H40N4O9S. The number of aliphatic carboxylic acids is 2. The smallest absolute Gasteiger partial charge is 0.326 e. The molecule has 0 heterocycles. The molecule has 1 aliphatic rings. The number of hydrogen-bond donors (Lipinski definition) is 6. The minimum absolute atomic E-state index is 0.00224. The second-order valence-electron chi connectivity index (χ2n) is 10.5. The molecule has 1 aromatic rings. The first kappa shape index (κ1) is 33.0. The molecule has 0 aromatic heterocycles. The fraction of sp³-hybridized carbons (Fsp3) is 0.615. The highest BCUT2D eigenvalue weighted by atomic mass is 32.2. The van der Waals surface area contributed by atoms with E-state index in [1.807, 2.05) is 0 Å². The van der Waals surface area contributed by atoms with Crippen LogP contribution in [0.1, 0.15) is 56.9 Å². The molecule has 0 bridgehead atoms. The minimum atomic E-state index is -4.19. The SMILES string of the molecule is CS(=O)(=O)N(C[C@H](CC1(C(=O)N[C@@H](Cc2ccc(O)cc2)C(=O)O)CCCC1)C(=O)O)C(=O)[C@@H](N)CCCCN. The Kier molecular flexibility index (Phi) is 11.9. The van der Waals surface area contributed by atoms with Crippen molar-refractivity contribution in [3.63, 3.8) is 0 Å². The molecule has 0 unspecified atom stereocenters. The van der Waals surface area contributed by atoms with E-state index in [1.165, 1.54) is 24.3 Å². The molecule has 1 aliphatic carbocycles. The molecule has 2 rings (SSSR count). The number of nitrogens with two attached hydrogens (primary N) is 2. The molecule has 2 amide bonds. The summed E-state index contributed by atoms with van der Waals surface area (Å²) in [6.45, 7) is -0.331. The molecule has 14 heteroatoms. The van der Waals surface area contributed by atoms with Gasteiger partial charge in [-0.15, -0.1) is 0 Å².